The van der Waals surface area contributed by atoms with E-state index in [1.165, 1.54) is 31.4 Å². The van der Waals surface area contributed by atoms with E-state index in [-0.39, 0.29) is 0 Å². The Morgan fingerprint density at radius 3 is 2.94 bits per heavy atom. The normalized spacial score (nSPS) is 18.3. The fraction of sp³-hybridized carbons (Fsp3) is 0.786. The first kappa shape index (κ1) is 13.9. The van der Waals surface area contributed by atoms with E-state index in [0.717, 1.165) is 18.7 Å². The summed E-state index contributed by atoms with van der Waals surface area (Å²) in [6.07, 6.45) is 10.7. The lowest BCUT2D eigenvalue weighted by Crippen LogP contribution is -2.33. The second-order valence-corrected chi connectivity index (χ2v) is 6.05. The summed E-state index contributed by atoms with van der Waals surface area (Å²) in [6, 6.07) is 3.41. The zero-order valence-electron chi connectivity index (χ0n) is 11.6. The van der Waals surface area contributed by atoms with Crippen LogP contribution >= 0.6 is 11.8 Å². The van der Waals surface area contributed by atoms with Gasteiger partial charge in [-0.05, 0) is 31.7 Å². The molecule has 102 valence electrons. The van der Waals surface area contributed by atoms with Gasteiger partial charge in [0.25, 0.3) is 0 Å². The van der Waals surface area contributed by atoms with Gasteiger partial charge < -0.3 is 5.32 Å². The maximum atomic E-state index is 4.76. The predicted octanol–water partition coefficient (Wildman–Crippen LogP) is 2.88. The van der Waals surface area contributed by atoms with Gasteiger partial charge in [-0.2, -0.15) is 16.9 Å². The molecule has 1 unspecified atom stereocenters. The Morgan fingerprint density at radius 1 is 1.50 bits per heavy atom. The number of rotatable bonds is 7. The van der Waals surface area contributed by atoms with Crippen molar-refractivity contribution in [2.45, 2.75) is 51.1 Å². The number of hydrogen-bond donors (Lipinski definition) is 1. The SMILES string of the molecule is CCNC(CSC)Cc1ccn(C2CCCC2)n1. The number of nitrogens with zero attached hydrogens (tertiary/aromatic N) is 2. The summed E-state index contributed by atoms with van der Waals surface area (Å²) in [5.41, 5.74) is 1.24. The minimum Gasteiger partial charge on any atom is -0.313 e. The summed E-state index contributed by atoms with van der Waals surface area (Å²) < 4.78 is 2.20. The molecule has 1 aromatic heterocycles. The minimum atomic E-state index is 0.553. The van der Waals surface area contributed by atoms with Crippen LogP contribution in [0.1, 0.15) is 44.3 Å². The second kappa shape index (κ2) is 7.19. The number of aromatic nitrogens is 2. The lowest BCUT2D eigenvalue weighted by molar-refractivity contribution is 0.459. The van der Waals surface area contributed by atoms with Crippen molar-refractivity contribution in [2.75, 3.05) is 18.6 Å². The first-order valence-electron chi connectivity index (χ1n) is 7.09. The van der Waals surface area contributed by atoms with Gasteiger partial charge in [0.05, 0.1) is 11.7 Å². The highest BCUT2D eigenvalue weighted by atomic mass is 32.2. The molecule has 1 aromatic rings. The molecule has 0 aromatic carbocycles. The predicted molar refractivity (Wildman–Crippen MR) is 79.3 cm³/mol. The molecule has 4 heteroatoms. The highest BCUT2D eigenvalue weighted by Gasteiger charge is 2.18. The van der Waals surface area contributed by atoms with E-state index in [2.05, 4.69) is 35.4 Å². The highest BCUT2D eigenvalue weighted by Crippen LogP contribution is 2.28. The summed E-state index contributed by atoms with van der Waals surface area (Å²) in [7, 11) is 0. The zero-order valence-corrected chi connectivity index (χ0v) is 12.4. The van der Waals surface area contributed by atoms with Gasteiger partial charge in [-0.15, -0.1) is 0 Å². The van der Waals surface area contributed by atoms with Crippen LogP contribution in [0.25, 0.3) is 0 Å². The largest absolute Gasteiger partial charge is 0.313 e. The smallest absolute Gasteiger partial charge is 0.0640 e. The molecule has 2 rings (SSSR count). The summed E-state index contributed by atoms with van der Waals surface area (Å²) in [4.78, 5) is 0. The molecule has 18 heavy (non-hydrogen) atoms. The van der Waals surface area contributed by atoms with E-state index in [4.69, 9.17) is 5.10 Å². The topological polar surface area (TPSA) is 29.9 Å². The second-order valence-electron chi connectivity index (χ2n) is 5.14. The molecule has 1 heterocycles. The average Bonchev–Trinajstić information content (AvgIpc) is 2.98. The Morgan fingerprint density at radius 2 is 2.28 bits per heavy atom. The fourth-order valence-electron chi connectivity index (χ4n) is 2.79. The third-order valence-corrected chi connectivity index (χ3v) is 4.41. The zero-order chi connectivity index (χ0) is 12.8. The number of nitrogens with one attached hydrogen (secondary N) is 1. The van der Waals surface area contributed by atoms with Gasteiger partial charge in [-0.3, -0.25) is 4.68 Å². The molecule has 0 spiro atoms. The summed E-state index contributed by atoms with van der Waals surface area (Å²) in [5, 5.41) is 8.30. The first-order chi connectivity index (χ1) is 8.83. The Hall–Kier alpha value is -0.480. The lowest BCUT2D eigenvalue weighted by Gasteiger charge is -2.15. The van der Waals surface area contributed by atoms with Crippen LogP contribution in [0.4, 0.5) is 0 Å². The number of likely N-dealkylation sites (N-methyl/N-ethyl adjacent to an activating group) is 1. The van der Waals surface area contributed by atoms with E-state index in [9.17, 15) is 0 Å². The average molecular weight is 267 g/mol. The first-order valence-corrected chi connectivity index (χ1v) is 8.49. The molecular formula is C14H25N3S. The van der Waals surface area contributed by atoms with Crippen LogP contribution in [0.2, 0.25) is 0 Å². The van der Waals surface area contributed by atoms with Gasteiger partial charge in [-0.1, -0.05) is 19.8 Å². The molecule has 1 N–H and O–H groups in total. The molecule has 1 aliphatic rings. The van der Waals surface area contributed by atoms with Crippen molar-refractivity contribution in [3.8, 4) is 0 Å². The van der Waals surface area contributed by atoms with E-state index in [0.29, 0.717) is 12.1 Å². The standard InChI is InChI=1S/C14H25N3S/c1-3-15-13(11-18-2)10-12-8-9-17(16-12)14-6-4-5-7-14/h8-9,13-15H,3-7,10-11H2,1-2H3. The van der Waals surface area contributed by atoms with Crippen molar-refractivity contribution in [1.82, 2.24) is 15.1 Å². The van der Waals surface area contributed by atoms with Crippen LogP contribution < -0.4 is 5.32 Å². The molecule has 1 saturated carbocycles. The van der Waals surface area contributed by atoms with E-state index in [1.54, 1.807) is 0 Å². The van der Waals surface area contributed by atoms with Gasteiger partial charge >= 0.3 is 0 Å². The van der Waals surface area contributed by atoms with Crippen LogP contribution in [-0.2, 0) is 6.42 Å². The van der Waals surface area contributed by atoms with Crippen LogP contribution in [0.3, 0.4) is 0 Å². The van der Waals surface area contributed by atoms with E-state index in [1.807, 2.05) is 11.8 Å². The van der Waals surface area contributed by atoms with Gasteiger partial charge in [-0.25, -0.2) is 0 Å². The number of thioether (sulfide) groups is 1. The highest BCUT2D eigenvalue weighted by molar-refractivity contribution is 7.98. The van der Waals surface area contributed by atoms with Gasteiger partial charge in [0.15, 0.2) is 0 Å². The molecule has 0 saturated heterocycles. The van der Waals surface area contributed by atoms with Crippen LogP contribution in [0.15, 0.2) is 12.3 Å². The molecule has 0 amide bonds. The molecule has 1 atom stereocenters. The van der Waals surface area contributed by atoms with Crippen LogP contribution in [0.5, 0.6) is 0 Å². The summed E-state index contributed by atoms with van der Waals surface area (Å²) >= 11 is 1.90. The van der Waals surface area contributed by atoms with Crippen molar-refractivity contribution in [2.24, 2.45) is 0 Å². The van der Waals surface area contributed by atoms with Gasteiger partial charge in [0.2, 0.25) is 0 Å². The van der Waals surface area contributed by atoms with Crippen molar-refractivity contribution in [3.05, 3.63) is 18.0 Å². The molecular weight excluding hydrogens is 242 g/mol. The quantitative estimate of drug-likeness (QED) is 0.824. The van der Waals surface area contributed by atoms with Crippen LogP contribution in [-0.4, -0.2) is 34.4 Å². The molecule has 0 radical (unpaired) electrons. The fourth-order valence-corrected chi connectivity index (χ4v) is 3.43. The Kier molecular flexibility index (Phi) is 5.57. The third-order valence-electron chi connectivity index (χ3n) is 3.68. The van der Waals surface area contributed by atoms with Crippen molar-refractivity contribution in [1.29, 1.82) is 0 Å². The molecule has 0 aliphatic heterocycles. The minimum absolute atomic E-state index is 0.553. The Labute approximate surface area is 115 Å². The maximum Gasteiger partial charge on any atom is 0.0640 e. The van der Waals surface area contributed by atoms with Gasteiger partial charge in [0.1, 0.15) is 0 Å². The molecule has 0 bridgehead atoms. The lowest BCUT2D eigenvalue weighted by atomic mass is 10.2. The number of hydrogen-bond acceptors (Lipinski definition) is 3. The Bertz CT molecular complexity index is 339. The monoisotopic (exact) mass is 267 g/mol. The van der Waals surface area contributed by atoms with Crippen molar-refractivity contribution < 1.29 is 0 Å². The van der Waals surface area contributed by atoms with Crippen molar-refractivity contribution in [3.63, 3.8) is 0 Å². The maximum absolute atomic E-state index is 4.76. The molecule has 3 nitrogen and oxygen atoms in total. The van der Waals surface area contributed by atoms with Crippen LogP contribution in [0, 0.1) is 0 Å². The van der Waals surface area contributed by atoms with Gasteiger partial charge in [0, 0.05) is 24.4 Å². The Balaban J connectivity index is 1.91. The summed E-state index contributed by atoms with van der Waals surface area (Å²) in [5.74, 6) is 1.16. The van der Waals surface area contributed by atoms with Crippen molar-refractivity contribution >= 4 is 11.8 Å². The van der Waals surface area contributed by atoms with E-state index < -0.39 is 0 Å². The summed E-state index contributed by atoms with van der Waals surface area (Å²) in [6.45, 7) is 3.21. The van der Waals surface area contributed by atoms with E-state index >= 15 is 0 Å². The third kappa shape index (κ3) is 3.75. The molecule has 1 aliphatic carbocycles. The molecule has 1 fully saturated rings.